The molecule has 1 aromatic rings. The minimum Gasteiger partial charge on any atom is -0.462 e. The summed E-state index contributed by atoms with van der Waals surface area (Å²) in [4.78, 5) is 11.4. The zero-order valence-electron chi connectivity index (χ0n) is 9.00. The standard InChI is InChI=1S/C12H15FO2/c1-3-9(2)8-15-12(14)10-4-6-11(13)7-5-10/h4-7,9H,3,8H2,1-2H3/t9-/m1/s1. The van der Waals surface area contributed by atoms with E-state index in [1.165, 1.54) is 24.3 Å². The predicted molar refractivity (Wildman–Crippen MR) is 56.1 cm³/mol. The first kappa shape index (κ1) is 11.7. The van der Waals surface area contributed by atoms with Gasteiger partial charge in [0.1, 0.15) is 5.82 Å². The van der Waals surface area contributed by atoms with E-state index in [-0.39, 0.29) is 5.82 Å². The molecule has 0 amide bonds. The van der Waals surface area contributed by atoms with E-state index < -0.39 is 5.97 Å². The van der Waals surface area contributed by atoms with Crippen molar-refractivity contribution in [3.63, 3.8) is 0 Å². The van der Waals surface area contributed by atoms with Crippen molar-refractivity contribution >= 4 is 5.97 Å². The van der Waals surface area contributed by atoms with Crippen molar-refractivity contribution in [2.24, 2.45) is 5.92 Å². The minimum absolute atomic E-state index is 0.353. The third-order valence-electron chi connectivity index (χ3n) is 2.28. The van der Waals surface area contributed by atoms with Gasteiger partial charge in [0.15, 0.2) is 0 Å². The van der Waals surface area contributed by atoms with Crippen LogP contribution in [0.2, 0.25) is 0 Å². The maximum Gasteiger partial charge on any atom is 0.338 e. The van der Waals surface area contributed by atoms with Gasteiger partial charge in [0.25, 0.3) is 0 Å². The van der Waals surface area contributed by atoms with E-state index in [0.29, 0.717) is 18.1 Å². The smallest absolute Gasteiger partial charge is 0.338 e. The van der Waals surface area contributed by atoms with Gasteiger partial charge >= 0.3 is 5.97 Å². The Morgan fingerprint density at radius 1 is 1.40 bits per heavy atom. The van der Waals surface area contributed by atoms with Crippen LogP contribution in [-0.2, 0) is 4.74 Å². The number of halogens is 1. The van der Waals surface area contributed by atoms with Gasteiger partial charge in [-0.25, -0.2) is 9.18 Å². The van der Waals surface area contributed by atoms with Crippen LogP contribution in [-0.4, -0.2) is 12.6 Å². The lowest BCUT2D eigenvalue weighted by atomic mass is 10.1. The maximum absolute atomic E-state index is 12.6. The molecule has 0 heterocycles. The molecule has 0 unspecified atom stereocenters. The van der Waals surface area contributed by atoms with Crippen molar-refractivity contribution in [3.8, 4) is 0 Å². The van der Waals surface area contributed by atoms with Gasteiger partial charge in [0.05, 0.1) is 12.2 Å². The second-order valence-electron chi connectivity index (χ2n) is 3.62. The molecule has 0 N–H and O–H groups in total. The summed E-state index contributed by atoms with van der Waals surface area (Å²) in [5.74, 6) is -0.391. The fraction of sp³-hybridized carbons (Fsp3) is 0.417. The molecule has 0 saturated carbocycles. The summed E-state index contributed by atoms with van der Waals surface area (Å²) in [6.07, 6.45) is 0.969. The molecule has 3 heteroatoms. The van der Waals surface area contributed by atoms with Crippen LogP contribution in [0.5, 0.6) is 0 Å². The van der Waals surface area contributed by atoms with E-state index in [1.807, 2.05) is 13.8 Å². The molecule has 1 aromatic carbocycles. The van der Waals surface area contributed by atoms with Crippen LogP contribution in [0.15, 0.2) is 24.3 Å². The number of esters is 1. The summed E-state index contributed by atoms with van der Waals surface area (Å²) in [5.41, 5.74) is 0.389. The Bertz CT molecular complexity index is 319. The van der Waals surface area contributed by atoms with Gasteiger partial charge in [-0.3, -0.25) is 0 Å². The lowest BCUT2D eigenvalue weighted by molar-refractivity contribution is 0.0447. The van der Waals surface area contributed by atoms with E-state index in [9.17, 15) is 9.18 Å². The molecule has 0 aliphatic heterocycles. The SMILES string of the molecule is CC[C@@H](C)COC(=O)c1ccc(F)cc1. The average molecular weight is 210 g/mol. The second-order valence-corrected chi connectivity index (χ2v) is 3.62. The van der Waals surface area contributed by atoms with Crippen molar-refractivity contribution in [1.82, 2.24) is 0 Å². The highest BCUT2D eigenvalue weighted by molar-refractivity contribution is 5.89. The molecular weight excluding hydrogens is 195 g/mol. The van der Waals surface area contributed by atoms with Crippen LogP contribution in [0, 0.1) is 11.7 Å². The molecule has 0 saturated heterocycles. The molecule has 1 rings (SSSR count). The number of rotatable bonds is 4. The van der Waals surface area contributed by atoms with Gasteiger partial charge in [0.2, 0.25) is 0 Å². The minimum atomic E-state index is -0.393. The molecular formula is C12H15FO2. The van der Waals surface area contributed by atoms with Gasteiger partial charge in [-0.15, -0.1) is 0 Å². The Morgan fingerprint density at radius 3 is 2.53 bits per heavy atom. The van der Waals surface area contributed by atoms with E-state index in [2.05, 4.69) is 0 Å². The van der Waals surface area contributed by atoms with Crippen molar-refractivity contribution in [3.05, 3.63) is 35.6 Å². The molecule has 2 nitrogen and oxygen atoms in total. The Morgan fingerprint density at radius 2 is 2.00 bits per heavy atom. The normalized spacial score (nSPS) is 12.2. The first-order chi connectivity index (χ1) is 7.13. The maximum atomic E-state index is 12.6. The highest BCUT2D eigenvalue weighted by atomic mass is 19.1. The first-order valence-corrected chi connectivity index (χ1v) is 5.06. The first-order valence-electron chi connectivity index (χ1n) is 5.06. The lowest BCUT2D eigenvalue weighted by Gasteiger charge is -2.09. The van der Waals surface area contributed by atoms with Crippen LogP contribution in [0.1, 0.15) is 30.6 Å². The monoisotopic (exact) mass is 210 g/mol. The Balaban J connectivity index is 2.50. The number of benzene rings is 1. The molecule has 0 radical (unpaired) electrons. The Kier molecular flexibility index (Phi) is 4.28. The summed E-state index contributed by atoms with van der Waals surface area (Å²) in [6.45, 7) is 4.46. The van der Waals surface area contributed by atoms with Gasteiger partial charge in [0, 0.05) is 0 Å². The third kappa shape index (κ3) is 3.70. The quantitative estimate of drug-likeness (QED) is 0.714. The van der Waals surface area contributed by atoms with E-state index in [4.69, 9.17) is 4.74 Å². The molecule has 1 atom stereocenters. The van der Waals surface area contributed by atoms with Crippen molar-refractivity contribution in [2.45, 2.75) is 20.3 Å². The fourth-order valence-corrected chi connectivity index (χ4v) is 1.01. The molecule has 0 bridgehead atoms. The molecule has 82 valence electrons. The van der Waals surface area contributed by atoms with Gasteiger partial charge in [-0.2, -0.15) is 0 Å². The van der Waals surface area contributed by atoms with Crippen molar-refractivity contribution in [2.75, 3.05) is 6.61 Å². The number of carbonyl (C=O) groups excluding carboxylic acids is 1. The zero-order valence-corrected chi connectivity index (χ0v) is 9.00. The number of ether oxygens (including phenoxy) is 1. The zero-order chi connectivity index (χ0) is 11.3. The van der Waals surface area contributed by atoms with Crippen LogP contribution in [0.25, 0.3) is 0 Å². The highest BCUT2D eigenvalue weighted by Crippen LogP contribution is 2.07. The molecule has 0 aliphatic carbocycles. The van der Waals surface area contributed by atoms with Crippen molar-refractivity contribution in [1.29, 1.82) is 0 Å². The van der Waals surface area contributed by atoms with Crippen LogP contribution in [0.3, 0.4) is 0 Å². The summed E-state index contributed by atoms with van der Waals surface area (Å²) < 4.78 is 17.6. The number of hydrogen-bond acceptors (Lipinski definition) is 2. The molecule has 15 heavy (non-hydrogen) atoms. The number of carbonyl (C=O) groups is 1. The van der Waals surface area contributed by atoms with Gasteiger partial charge in [-0.1, -0.05) is 20.3 Å². The predicted octanol–water partition coefficient (Wildman–Crippen LogP) is 3.03. The summed E-state index contributed by atoms with van der Waals surface area (Å²) in [5, 5.41) is 0. The molecule has 0 aliphatic rings. The van der Waals surface area contributed by atoms with Crippen LogP contribution >= 0.6 is 0 Å². The molecule has 0 spiro atoms. The topological polar surface area (TPSA) is 26.3 Å². The van der Waals surface area contributed by atoms with Gasteiger partial charge in [-0.05, 0) is 30.2 Å². The summed E-state index contributed by atoms with van der Waals surface area (Å²) >= 11 is 0. The highest BCUT2D eigenvalue weighted by Gasteiger charge is 2.08. The number of hydrogen-bond donors (Lipinski definition) is 0. The summed E-state index contributed by atoms with van der Waals surface area (Å²) in [6, 6.07) is 5.35. The van der Waals surface area contributed by atoms with E-state index in [1.54, 1.807) is 0 Å². The Hall–Kier alpha value is -1.38. The van der Waals surface area contributed by atoms with Crippen molar-refractivity contribution < 1.29 is 13.9 Å². The van der Waals surface area contributed by atoms with Crippen LogP contribution in [0.4, 0.5) is 4.39 Å². The second kappa shape index (κ2) is 5.49. The molecule has 0 fully saturated rings. The van der Waals surface area contributed by atoms with E-state index >= 15 is 0 Å². The van der Waals surface area contributed by atoms with Crippen LogP contribution < -0.4 is 0 Å². The Labute approximate surface area is 89.1 Å². The molecule has 0 aromatic heterocycles. The average Bonchev–Trinajstić information content (AvgIpc) is 2.26. The summed E-state index contributed by atoms with van der Waals surface area (Å²) in [7, 11) is 0. The van der Waals surface area contributed by atoms with Gasteiger partial charge < -0.3 is 4.74 Å². The fourth-order valence-electron chi connectivity index (χ4n) is 1.01. The lowest BCUT2D eigenvalue weighted by Crippen LogP contribution is -2.11. The third-order valence-corrected chi connectivity index (χ3v) is 2.28. The van der Waals surface area contributed by atoms with E-state index in [0.717, 1.165) is 6.42 Å². The largest absolute Gasteiger partial charge is 0.462 e.